The van der Waals surface area contributed by atoms with Crippen molar-refractivity contribution in [1.29, 1.82) is 5.26 Å². The number of methoxy groups -OCH3 is 2. The molecule has 0 aliphatic carbocycles. The van der Waals surface area contributed by atoms with E-state index in [4.69, 9.17) is 14.2 Å². The standard InChI is InChI=1S/C24H24N2O5/c1-23-18(30-3)12-24(31-23,10-11-29-2)20-19(23)21(27)26(22(20)28)17-9-8-14(13-25)15-6-4-5-7-16(15)17/h4-9,18-20H,10-12H2,1-3H3/t18-,19-,20+,23-,24+/m1/s1. The molecule has 31 heavy (non-hydrogen) atoms. The number of carbonyl (C=O) groups is 2. The van der Waals surface area contributed by atoms with E-state index in [1.807, 2.05) is 31.2 Å². The summed E-state index contributed by atoms with van der Waals surface area (Å²) in [5.41, 5.74) is -0.653. The van der Waals surface area contributed by atoms with Crippen LogP contribution in [0.1, 0.15) is 25.3 Å². The van der Waals surface area contributed by atoms with Gasteiger partial charge in [-0.15, -0.1) is 0 Å². The highest BCUT2D eigenvalue weighted by atomic mass is 16.6. The fourth-order valence-corrected chi connectivity index (χ4v) is 6.01. The Bertz CT molecular complexity index is 1140. The van der Waals surface area contributed by atoms with Crippen LogP contribution >= 0.6 is 0 Å². The highest BCUT2D eigenvalue weighted by molar-refractivity contribution is 6.26. The predicted octanol–water partition coefficient (Wildman–Crippen LogP) is 2.80. The molecular formula is C24H24N2O5. The van der Waals surface area contributed by atoms with Crippen LogP contribution in [0.5, 0.6) is 0 Å². The number of fused-ring (bicyclic) bond motifs is 6. The Balaban J connectivity index is 1.65. The first-order valence-electron chi connectivity index (χ1n) is 10.4. The number of amides is 2. The van der Waals surface area contributed by atoms with E-state index < -0.39 is 23.0 Å². The third-order valence-corrected chi connectivity index (χ3v) is 7.36. The molecule has 3 aliphatic heterocycles. The number of rotatable bonds is 5. The zero-order valence-electron chi connectivity index (χ0n) is 17.8. The predicted molar refractivity (Wildman–Crippen MR) is 112 cm³/mol. The lowest BCUT2D eigenvalue weighted by Crippen LogP contribution is -2.50. The Kier molecular flexibility index (Phi) is 4.45. The van der Waals surface area contributed by atoms with E-state index in [2.05, 4.69) is 6.07 Å². The summed E-state index contributed by atoms with van der Waals surface area (Å²) in [4.78, 5) is 28.8. The Morgan fingerprint density at radius 1 is 1.13 bits per heavy atom. The number of nitrogens with zero attached hydrogens (tertiary/aromatic N) is 2. The lowest BCUT2D eigenvalue weighted by atomic mass is 9.66. The quantitative estimate of drug-likeness (QED) is 0.691. The first-order chi connectivity index (χ1) is 14.9. The fourth-order valence-electron chi connectivity index (χ4n) is 6.01. The van der Waals surface area contributed by atoms with Gasteiger partial charge in [-0.1, -0.05) is 24.3 Å². The monoisotopic (exact) mass is 420 g/mol. The lowest BCUT2D eigenvalue weighted by Gasteiger charge is -2.35. The Hall–Kier alpha value is -2.79. The second kappa shape index (κ2) is 6.86. The summed E-state index contributed by atoms with van der Waals surface area (Å²) in [5.74, 6) is -1.72. The number of hydrogen-bond donors (Lipinski definition) is 0. The van der Waals surface area contributed by atoms with Crippen LogP contribution in [0.3, 0.4) is 0 Å². The number of carbonyl (C=O) groups excluding carboxylic acids is 2. The van der Waals surface area contributed by atoms with Gasteiger partial charge < -0.3 is 14.2 Å². The molecule has 0 spiro atoms. The minimum absolute atomic E-state index is 0.251. The molecule has 160 valence electrons. The molecule has 5 atom stereocenters. The number of nitriles is 1. The summed E-state index contributed by atoms with van der Waals surface area (Å²) in [6.45, 7) is 2.31. The zero-order valence-corrected chi connectivity index (χ0v) is 17.8. The van der Waals surface area contributed by atoms with Gasteiger partial charge in [0.1, 0.15) is 5.60 Å². The van der Waals surface area contributed by atoms with Gasteiger partial charge in [-0.05, 0) is 19.1 Å². The van der Waals surface area contributed by atoms with Crippen molar-refractivity contribution in [3.8, 4) is 6.07 Å². The third-order valence-electron chi connectivity index (χ3n) is 7.36. The molecule has 3 fully saturated rings. The van der Waals surface area contributed by atoms with Crippen molar-refractivity contribution in [1.82, 2.24) is 0 Å². The average Bonchev–Trinajstić information content (AvgIpc) is 3.33. The molecule has 2 bridgehead atoms. The maximum atomic E-state index is 13.8. The molecule has 0 N–H and O–H groups in total. The summed E-state index contributed by atoms with van der Waals surface area (Å²) in [7, 11) is 3.23. The molecule has 7 nitrogen and oxygen atoms in total. The van der Waals surface area contributed by atoms with Crippen molar-refractivity contribution in [2.75, 3.05) is 25.7 Å². The van der Waals surface area contributed by atoms with E-state index in [0.29, 0.717) is 36.1 Å². The number of benzene rings is 2. The molecule has 2 amide bonds. The van der Waals surface area contributed by atoms with Gasteiger partial charge in [0.2, 0.25) is 11.8 Å². The molecular weight excluding hydrogens is 396 g/mol. The SMILES string of the molecule is COCC[C@@]12C[C@@H](OC)[C@@](C)(O1)[C@H]1C(=O)N(c3ccc(C#N)c4ccccc34)C(=O)[C@H]12. The molecule has 3 saturated heterocycles. The van der Waals surface area contributed by atoms with E-state index >= 15 is 0 Å². The van der Waals surface area contributed by atoms with E-state index in [1.54, 1.807) is 26.4 Å². The van der Waals surface area contributed by atoms with Gasteiger partial charge in [0.25, 0.3) is 0 Å². The number of hydrogen-bond acceptors (Lipinski definition) is 6. The van der Waals surface area contributed by atoms with Crippen molar-refractivity contribution in [3.05, 3.63) is 42.0 Å². The first-order valence-corrected chi connectivity index (χ1v) is 10.4. The molecule has 3 heterocycles. The minimum atomic E-state index is -0.878. The van der Waals surface area contributed by atoms with Crippen molar-refractivity contribution in [2.45, 2.75) is 37.1 Å². The summed E-state index contributed by atoms with van der Waals surface area (Å²) in [6.07, 6.45) is 0.784. The number of ether oxygens (including phenoxy) is 3. The molecule has 0 unspecified atom stereocenters. The van der Waals surface area contributed by atoms with Crippen LogP contribution in [0.25, 0.3) is 10.8 Å². The van der Waals surface area contributed by atoms with Gasteiger partial charge in [0.15, 0.2) is 0 Å². The Labute approximate surface area is 180 Å². The second-order valence-electron chi connectivity index (χ2n) is 8.78. The smallest absolute Gasteiger partial charge is 0.240 e. The Morgan fingerprint density at radius 2 is 1.84 bits per heavy atom. The van der Waals surface area contributed by atoms with Crippen molar-refractivity contribution < 1.29 is 23.8 Å². The summed E-state index contributed by atoms with van der Waals surface area (Å²) in [5, 5.41) is 10.9. The zero-order chi connectivity index (χ0) is 22.0. The van der Waals surface area contributed by atoms with Gasteiger partial charge in [-0.2, -0.15) is 5.26 Å². The van der Waals surface area contributed by atoms with Crippen LogP contribution in [0.2, 0.25) is 0 Å². The van der Waals surface area contributed by atoms with E-state index in [0.717, 1.165) is 5.39 Å². The fraction of sp³-hybridized carbons (Fsp3) is 0.458. The molecule has 7 heteroatoms. The van der Waals surface area contributed by atoms with E-state index in [1.165, 1.54) is 4.90 Å². The van der Waals surface area contributed by atoms with Crippen LogP contribution in [-0.2, 0) is 23.8 Å². The van der Waals surface area contributed by atoms with Crippen LogP contribution in [0, 0.1) is 23.2 Å². The summed E-state index contributed by atoms with van der Waals surface area (Å²) < 4.78 is 17.4. The van der Waals surface area contributed by atoms with Gasteiger partial charge >= 0.3 is 0 Å². The number of anilines is 1. The van der Waals surface area contributed by atoms with Crippen LogP contribution in [0.4, 0.5) is 5.69 Å². The largest absolute Gasteiger partial charge is 0.385 e. The lowest BCUT2D eigenvalue weighted by molar-refractivity contribution is -0.135. The van der Waals surface area contributed by atoms with Gasteiger partial charge in [-0.25, -0.2) is 4.90 Å². The first kappa shape index (κ1) is 20.1. The molecule has 0 saturated carbocycles. The van der Waals surface area contributed by atoms with Crippen LogP contribution in [-0.4, -0.2) is 49.9 Å². The van der Waals surface area contributed by atoms with Crippen molar-refractivity contribution in [3.63, 3.8) is 0 Å². The molecule has 2 aromatic carbocycles. The summed E-state index contributed by atoms with van der Waals surface area (Å²) >= 11 is 0. The Morgan fingerprint density at radius 3 is 2.52 bits per heavy atom. The number of imide groups is 1. The maximum Gasteiger partial charge on any atom is 0.240 e. The van der Waals surface area contributed by atoms with Crippen molar-refractivity contribution >= 4 is 28.3 Å². The molecule has 2 aromatic rings. The molecule has 3 aliphatic rings. The average molecular weight is 420 g/mol. The molecule has 5 rings (SSSR count). The van der Waals surface area contributed by atoms with E-state index in [9.17, 15) is 14.9 Å². The topological polar surface area (TPSA) is 88.9 Å². The molecule has 0 aromatic heterocycles. The normalized spacial score (nSPS) is 33.9. The van der Waals surface area contributed by atoms with Crippen LogP contribution < -0.4 is 4.90 Å². The third kappa shape index (κ3) is 2.50. The minimum Gasteiger partial charge on any atom is -0.385 e. The highest BCUT2D eigenvalue weighted by Crippen LogP contribution is 2.63. The van der Waals surface area contributed by atoms with Crippen molar-refractivity contribution in [2.24, 2.45) is 11.8 Å². The van der Waals surface area contributed by atoms with Crippen LogP contribution in [0.15, 0.2) is 36.4 Å². The van der Waals surface area contributed by atoms with Gasteiger partial charge in [0.05, 0.1) is 40.9 Å². The van der Waals surface area contributed by atoms with E-state index in [-0.39, 0.29) is 17.9 Å². The second-order valence-corrected chi connectivity index (χ2v) is 8.78. The highest BCUT2D eigenvalue weighted by Gasteiger charge is 2.77. The van der Waals surface area contributed by atoms with Gasteiger partial charge in [-0.3, -0.25) is 9.59 Å². The van der Waals surface area contributed by atoms with Gasteiger partial charge in [0, 0.05) is 44.4 Å². The summed E-state index contributed by atoms with van der Waals surface area (Å²) in [6, 6.07) is 12.9. The maximum absolute atomic E-state index is 13.8. The molecule has 0 radical (unpaired) electrons.